The molecule has 0 bridgehead atoms. The summed E-state index contributed by atoms with van der Waals surface area (Å²) in [5, 5.41) is 6.67. The highest BCUT2D eigenvalue weighted by Crippen LogP contribution is 2.06. The Hall–Kier alpha value is -1.32. The van der Waals surface area contributed by atoms with Gasteiger partial charge in [-0.3, -0.25) is 9.89 Å². The monoisotopic (exact) mass is 182 g/mol. The zero-order valence-corrected chi connectivity index (χ0v) is 7.96. The van der Waals surface area contributed by atoms with E-state index in [1.807, 2.05) is 6.92 Å². The average molecular weight is 182 g/mol. The van der Waals surface area contributed by atoms with Crippen molar-refractivity contribution in [3.8, 4) is 0 Å². The number of nitrogens with one attached hydrogen (secondary N) is 1. The molecule has 0 radical (unpaired) electrons. The maximum atomic E-state index is 11.1. The van der Waals surface area contributed by atoms with Crippen LogP contribution in [-0.4, -0.2) is 22.8 Å². The fourth-order valence-electron chi connectivity index (χ4n) is 1.15. The molecule has 13 heavy (non-hydrogen) atoms. The van der Waals surface area contributed by atoms with Gasteiger partial charge < -0.3 is 4.74 Å². The second-order valence-corrected chi connectivity index (χ2v) is 2.71. The van der Waals surface area contributed by atoms with Crippen molar-refractivity contribution in [1.29, 1.82) is 0 Å². The van der Waals surface area contributed by atoms with E-state index in [0.717, 1.165) is 17.7 Å². The lowest BCUT2D eigenvalue weighted by Gasteiger charge is -2.00. The predicted molar refractivity (Wildman–Crippen MR) is 48.3 cm³/mol. The van der Waals surface area contributed by atoms with Crippen molar-refractivity contribution in [2.45, 2.75) is 26.7 Å². The van der Waals surface area contributed by atoms with E-state index in [4.69, 9.17) is 4.74 Å². The average Bonchev–Trinajstić information content (AvgIpc) is 2.52. The molecule has 4 nitrogen and oxygen atoms in total. The Kier molecular flexibility index (Phi) is 3.49. The SMILES string of the molecule is CCOC(=O)Cc1[nH]ncc1CC. The zero-order valence-electron chi connectivity index (χ0n) is 7.96. The molecule has 0 saturated heterocycles. The fourth-order valence-corrected chi connectivity index (χ4v) is 1.15. The minimum atomic E-state index is -0.207. The van der Waals surface area contributed by atoms with Gasteiger partial charge >= 0.3 is 5.97 Å². The van der Waals surface area contributed by atoms with Crippen LogP contribution in [0.4, 0.5) is 0 Å². The summed E-state index contributed by atoms with van der Waals surface area (Å²) in [5.74, 6) is -0.207. The van der Waals surface area contributed by atoms with Crippen LogP contribution in [-0.2, 0) is 22.4 Å². The van der Waals surface area contributed by atoms with Crippen LogP contribution in [0, 0.1) is 0 Å². The molecule has 0 aliphatic rings. The van der Waals surface area contributed by atoms with Gasteiger partial charge in [0.2, 0.25) is 0 Å². The van der Waals surface area contributed by atoms with Gasteiger partial charge in [0, 0.05) is 5.69 Å². The second-order valence-electron chi connectivity index (χ2n) is 2.71. The summed E-state index contributed by atoms with van der Waals surface area (Å²) in [6.45, 7) is 4.25. The Balaban J connectivity index is 2.57. The molecular formula is C9H14N2O2. The molecule has 0 amide bonds. The molecule has 1 rings (SSSR count). The first-order chi connectivity index (χ1) is 6.27. The first-order valence-corrected chi connectivity index (χ1v) is 4.44. The van der Waals surface area contributed by atoms with Gasteiger partial charge in [0.25, 0.3) is 0 Å². The van der Waals surface area contributed by atoms with Crippen LogP contribution in [0.5, 0.6) is 0 Å². The van der Waals surface area contributed by atoms with E-state index in [9.17, 15) is 4.79 Å². The molecule has 1 aromatic rings. The van der Waals surface area contributed by atoms with Crippen molar-refractivity contribution in [2.24, 2.45) is 0 Å². The lowest BCUT2D eigenvalue weighted by Crippen LogP contribution is -2.09. The minimum Gasteiger partial charge on any atom is -0.466 e. The molecular weight excluding hydrogens is 168 g/mol. The van der Waals surface area contributed by atoms with Crippen LogP contribution < -0.4 is 0 Å². The summed E-state index contributed by atoms with van der Waals surface area (Å²) in [5.41, 5.74) is 1.94. The summed E-state index contributed by atoms with van der Waals surface area (Å²) < 4.78 is 4.83. The Morgan fingerprint density at radius 1 is 1.62 bits per heavy atom. The topological polar surface area (TPSA) is 55.0 Å². The molecule has 4 heteroatoms. The molecule has 0 aliphatic heterocycles. The molecule has 0 fully saturated rings. The van der Waals surface area contributed by atoms with Crippen LogP contribution >= 0.6 is 0 Å². The molecule has 0 spiro atoms. The lowest BCUT2D eigenvalue weighted by atomic mass is 10.1. The third-order valence-electron chi connectivity index (χ3n) is 1.81. The van der Waals surface area contributed by atoms with E-state index < -0.39 is 0 Å². The Bertz CT molecular complexity index is 281. The number of hydrogen-bond donors (Lipinski definition) is 1. The first-order valence-electron chi connectivity index (χ1n) is 4.44. The predicted octanol–water partition coefficient (Wildman–Crippen LogP) is 1.08. The van der Waals surface area contributed by atoms with Crippen LogP contribution in [0.15, 0.2) is 6.20 Å². The highest BCUT2D eigenvalue weighted by Gasteiger charge is 2.08. The number of aromatic nitrogens is 2. The number of rotatable bonds is 4. The summed E-state index contributed by atoms with van der Waals surface area (Å²) in [7, 11) is 0. The van der Waals surface area contributed by atoms with E-state index in [0.29, 0.717) is 6.61 Å². The van der Waals surface area contributed by atoms with Crippen molar-refractivity contribution in [3.05, 3.63) is 17.5 Å². The fraction of sp³-hybridized carbons (Fsp3) is 0.556. The number of carbonyl (C=O) groups is 1. The molecule has 0 atom stereocenters. The second kappa shape index (κ2) is 4.64. The molecule has 72 valence electrons. The van der Waals surface area contributed by atoms with Crippen molar-refractivity contribution in [2.75, 3.05) is 6.61 Å². The number of ether oxygens (including phenoxy) is 1. The maximum Gasteiger partial charge on any atom is 0.311 e. The van der Waals surface area contributed by atoms with Gasteiger partial charge in [-0.25, -0.2) is 0 Å². The normalized spacial score (nSPS) is 10.0. The van der Waals surface area contributed by atoms with Gasteiger partial charge in [0.15, 0.2) is 0 Å². The summed E-state index contributed by atoms with van der Waals surface area (Å²) in [6.07, 6.45) is 2.91. The van der Waals surface area contributed by atoms with Gasteiger partial charge in [-0.2, -0.15) is 5.10 Å². The number of esters is 1. The number of carbonyl (C=O) groups excluding carboxylic acids is 1. The molecule has 0 aromatic carbocycles. The van der Waals surface area contributed by atoms with Crippen molar-refractivity contribution >= 4 is 5.97 Å². The van der Waals surface area contributed by atoms with Crippen molar-refractivity contribution < 1.29 is 9.53 Å². The smallest absolute Gasteiger partial charge is 0.311 e. The third-order valence-corrected chi connectivity index (χ3v) is 1.81. The number of nitrogens with zero attached hydrogens (tertiary/aromatic N) is 1. The van der Waals surface area contributed by atoms with E-state index in [-0.39, 0.29) is 12.4 Å². The maximum absolute atomic E-state index is 11.1. The Labute approximate surface area is 77.3 Å². The molecule has 1 heterocycles. The highest BCUT2D eigenvalue weighted by atomic mass is 16.5. The van der Waals surface area contributed by atoms with Crippen LogP contribution in [0.25, 0.3) is 0 Å². The number of aryl methyl sites for hydroxylation is 1. The van der Waals surface area contributed by atoms with Crippen LogP contribution in [0.3, 0.4) is 0 Å². The minimum absolute atomic E-state index is 0.207. The summed E-state index contributed by atoms with van der Waals surface area (Å²) in [6, 6.07) is 0. The van der Waals surface area contributed by atoms with E-state index >= 15 is 0 Å². The van der Waals surface area contributed by atoms with Crippen LogP contribution in [0.1, 0.15) is 25.1 Å². The van der Waals surface area contributed by atoms with Crippen molar-refractivity contribution in [3.63, 3.8) is 0 Å². The molecule has 0 aliphatic carbocycles. The van der Waals surface area contributed by atoms with Gasteiger partial charge in [-0.1, -0.05) is 6.92 Å². The molecule has 0 unspecified atom stereocenters. The quantitative estimate of drug-likeness (QED) is 0.709. The Morgan fingerprint density at radius 3 is 3.00 bits per heavy atom. The zero-order chi connectivity index (χ0) is 9.68. The van der Waals surface area contributed by atoms with E-state index in [2.05, 4.69) is 10.2 Å². The van der Waals surface area contributed by atoms with Gasteiger partial charge in [-0.05, 0) is 18.9 Å². The van der Waals surface area contributed by atoms with Crippen LogP contribution in [0.2, 0.25) is 0 Å². The molecule has 1 aromatic heterocycles. The van der Waals surface area contributed by atoms with Crippen molar-refractivity contribution in [1.82, 2.24) is 10.2 Å². The van der Waals surface area contributed by atoms with Gasteiger partial charge in [0.1, 0.15) is 0 Å². The standard InChI is InChI=1S/C9H14N2O2/c1-3-7-6-10-11-8(7)5-9(12)13-4-2/h6H,3-5H2,1-2H3,(H,10,11). The first kappa shape index (κ1) is 9.77. The summed E-state index contributed by atoms with van der Waals surface area (Å²) >= 11 is 0. The summed E-state index contributed by atoms with van der Waals surface area (Å²) in [4.78, 5) is 11.1. The molecule has 1 N–H and O–H groups in total. The third kappa shape index (κ3) is 2.57. The lowest BCUT2D eigenvalue weighted by molar-refractivity contribution is -0.142. The number of aromatic amines is 1. The van der Waals surface area contributed by atoms with Gasteiger partial charge in [-0.15, -0.1) is 0 Å². The van der Waals surface area contributed by atoms with E-state index in [1.165, 1.54) is 0 Å². The largest absolute Gasteiger partial charge is 0.466 e. The molecule has 0 saturated carbocycles. The Morgan fingerprint density at radius 2 is 2.38 bits per heavy atom. The number of H-pyrrole nitrogens is 1. The van der Waals surface area contributed by atoms with Gasteiger partial charge in [0.05, 0.1) is 19.2 Å². The highest BCUT2D eigenvalue weighted by molar-refractivity contribution is 5.72. The van der Waals surface area contributed by atoms with E-state index in [1.54, 1.807) is 13.1 Å². The number of hydrogen-bond acceptors (Lipinski definition) is 3.